The molecule has 0 N–H and O–H groups in total. The standard InChI is InChI=1S/C18H40O7Si4/c1-11-21-17(19)13-14-18(20)22-15-12-16-29(23-26(2,3)4,24-27(5,6)7)25-28(8,9)10/h13-14H,11-12,15-16H2,1-10H3. The van der Waals surface area contributed by atoms with E-state index in [9.17, 15) is 9.59 Å². The van der Waals surface area contributed by atoms with E-state index in [2.05, 4.69) is 58.9 Å². The van der Waals surface area contributed by atoms with E-state index in [0.29, 0.717) is 12.5 Å². The Morgan fingerprint density at radius 1 is 0.690 bits per heavy atom. The highest BCUT2D eigenvalue weighted by molar-refractivity contribution is 6.90. The molecule has 0 amide bonds. The maximum Gasteiger partial charge on any atom is 0.469 e. The van der Waals surface area contributed by atoms with Crippen LogP contribution in [0.1, 0.15) is 13.3 Å². The van der Waals surface area contributed by atoms with Gasteiger partial charge in [0, 0.05) is 18.2 Å². The van der Waals surface area contributed by atoms with Crippen LogP contribution in [0.3, 0.4) is 0 Å². The summed E-state index contributed by atoms with van der Waals surface area (Å²) in [5.41, 5.74) is 0. The van der Waals surface area contributed by atoms with E-state index in [1.807, 2.05) is 0 Å². The van der Waals surface area contributed by atoms with Crippen LogP contribution in [0.4, 0.5) is 0 Å². The lowest BCUT2D eigenvalue weighted by Crippen LogP contribution is -2.60. The minimum atomic E-state index is -2.92. The topological polar surface area (TPSA) is 80.3 Å². The van der Waals surface area contributed by atoms with Crippen molar-refractivity contribution in [3.63, 3.8) is 0 Å². The molecular formula is C18H40O7Si4. The van der Waals surface area contributed by atoms with Crippen molar-refractivity contribution in [1.82, 2.24) is 0 Å². The highest BCUT2D eigenvalue weighted by Gasteiger charge is 2.49. The molecule has 29 heavy (non-hydrogen) atoms. The molecule has 0 radical (unpaired) electrons. The molecule has 7 nitrogen and oxygen atoms in total. The van der Waals surface area contributed by atoms with E-state index in [4.69, 9.17) is 21.8 Å². The van der Waals surface area contributed by atoms with E-state index in [0.717, 1.165) is 12.2 Å². The first-order chi connectivity index (χ1) is 13.0. The lowest BCUT2D eigenvalue weighted by molar-refractivity contribution is -0.140. The lowest BCUT2D eigenvalue weighted by atomic mass is 10.5. The van der Waals surface area contributed by atoms with E-state index in [1.54, 1.807) is 6.92 Å². The van der Waals surface area contributed by atoms with E-state index in [1.165, 1.54) is 0 Å². The molecule has 0 aliphatic carbocycles. The summed E-state index contributed by atoms with van der Waals surface area (Å²) in [6.45, 7) is 21.4. The quantitative estimate of drug-likeness (QED) is 0.166. The van der Waals surface area contributed by atoms with Gasteiger partial charge in [0.1, 0.15) is 0 Å². The van der Waals surface area contributed by atoms with Crippen molar-refractivity contribution < 1.29 is 31.4 Å². The predicted octanol–water partition coefficient (Wildman–Crippen LogP) is 4.53. The molecule has 170 valence electrons. The van der Waals surface area contributed by atoms with E-state index >= 15 is 0 Å². The Morgan fingerprint density at radius 3 is 1.41 bits per heavy atom. The highest BCUT2D eigenvalue weighted by atomic mass is 28.5. The molecule has 0 aromatic heterocycles. The van der Waals surface area contributed by atoms with Crippen molar-refractivity contribution in [1.29, 1.82) is 0 Å². The van der Waals surface area contributed by atoms with Gasteiger partial charge >= 0.3 is 20.7 Å². The third-order valence-corrected chi connectivity index (χ3v) is 14.9. The Hall–Kier alpha value is -0.572. The van der Waals surface area contributed by atoms with Crippen LogP contribution in [-0.4, -0.2) is 58.9 Å². The number of esters is 2. The molecule has 0 rings (SSSR count). The second kappa shape index (κ2) is 11.7. The summed E-state index contributed by atoms with van der Waals surface area (Å²) in [4.78, 5) is 23.0. The largest absolute Gasteiger partial charge is 0.469 e. The van der Waals surface area contributed by atoms with Crippen molar-refractivity contribution in [2.24, 2.45) is 0 Å². The van der Waals surface area contributed by atoms with Gasteiger partial charge in [0.15, 0.2) is 25.0 Å². The van der Waals surface area contributed by atoms with Gasteiger partial charge in [-0.3, -0.25) is 0 Å². The number of ether oxygens (including phenoxy) is 2. The molecule has 0 aromatic rings. The number of hydrogen-bond donors (Lipinski definition) is 0. The first-order valence-electron chi connectivity index (χ1n) is 10.1. The van der Waals surface area contributed by atoms with Crippen LogP contribution in [0.15, 0.2) is 12.2 Å². The molecule has 0 aliphatic heterocycles. The number of carbonyl (C=O) groups excluding carboxylic acids is 2. The van der Waals surface area contributed by atoms with Crippen molar-refractivity contribution >= 4 is 45.7 Å². The van der Waals surface area contributed by atoms with Gasteiger partial charge in [-0.1, -0.05) is 0 Å². The molecule has 0 bridgehead atoms. The monoisotopic (exact) mass is 480 g/mol. The van der Waals surface area contributed by atoms with Crippen LogP contribution in [0.5, 0.6) is 0 Å². The summed E-state index contributed by atoms with van der Waals surface area (Å²) in [5.74, 6) is -1.14. The normalized spacial score (nSPS) is 13.6. The van der Waals surface area contributed by atoms with Gasteiger partial charge in [0.2, 0.25) is 0 Å². The third kappa shape index (κ3) is 15.9. The van der Waals surface area contributed by atoms with E-state index < -0.39 is 45.7 Å². The zero-order chi connectivity index (χ0) is 22.9. The second-order valence-electron chi connectivity index (χ2n) is 9.68. The molecular weight excluding hydrogens is 441 g/mol. The molecule has 0 atom stereocenters. The Labute approximate surface area is 180 Å². The van der Waals surface area contributed by atoms with Crippen molar-refractivity contribution in [2.45, 2.75) is 78.3 Å². The van der Waals surface area contributed by atoms with Gasteiger partial charge < -0.3 is 21.8 Å². The zero-order valence-corrected chi connectivity index (χ0v) is 23.8. The minimum absolute atomic E-state index is 0.208. The number of hydrogen-bond acceptors (Lipinski definition) is 7. The van der Waals surface area contributed by atoms with Gasteiger partial charge in [0.25, 0.3) is 0 Å². The average Bonchev–Trinajstić information content (AvgIpc) is 2.44. The van der Waals surface area contributed by atoms with Crippen LogP contribution in [0.2, 0.25) is 65.0 Å². The molecule has 0 spiro atoms. The van der Waals surface area contributed by atoms with Crippen molar-refractivity contribution in [2.75, 3.05) is 13.2 Å². The maximum atomic E-state index is 11.8. The minimum Gasteiger partial charge on any atom is -0.463 e. The Morgan fingerprint density at radius 2 is 1.07 bits per heavy atom. The number of carbonyl (C=O) groups is 2. The summed E-state index contributed by atoms with van der Waals surface area (Å²) >= 11 is 0. The van der Waals surface area contributed by atoms with Crippen LogP contribution in [0.25, 0.3) is 0 Å². The Kier molecular flexibility index (Phi) is 11.5. The molecule has 0 aromatic carbocycles. The van der Waals surface area contributed by atoms with Gasteiger partial charge in [-0.05, 0) is 72.3 Å². The summed E-state index contributed by atoms with van der Waals surface area (Å²) < 4.78 is 29.7. The molecule has 0 saturated heterocycles. The Balaban J connectivity index is 5.11. The molecule has 11 heteroatoms. The van der Waals surface area contributed by atoms with Gasteiger partial charge in [-0.25, -0.2) is 9.59 Å². The summed E-state index contributed by atoms with van der Waals surface area (Å²) in [5, 5.41) is 0. The van der Waals surface area contributed by atoms with Crippen molar-refractivity contribution in [3.8, 4) is 0 Å². The smallest absolute Gasteiger partial charge is 0.463 e. The van der Waals surface area contributed by atoms with Crippen LogP contribution in [-0.2, 0) is 31.4 Å². The number of rotatable bonds is 13. The van der Waals surface area contributed by atoms with Gasteiger partial charge in [-0.2, -0.15) is 0 Å². The maximum absolute atomic E-state index is 11.8. The summed E-state index contributed by atoms with van der Waals surface area (Å²) in [6.07, 6.45) is 2.73. The molecule has 0 saturated carbocycles. The predicted molar refractivity (Wildman–Crippen MR) is 125 cm³/mol. The summed E-state index contributed by atoms with van der Waals surface area (Å²) in [6, 6.07) is 0.598. The van der Waals surface area contributed by atoms with E-state index in [-0.39, 0.29) is 13.2 Å². The SMILES string of the molecule is CCOC(=O)C=CC(=O)OCCC[Si](O[Si](C)(C)C)(O[Si](C)(C)C)O[Si](C)(C)C. The first-order valence-corrected chi connectivity index (χ1v) is 22.2. The molecule has 0 unspecified atom stereocenters. The zero-order valence-electron chi connectivity index (χ0n) is 19.8. The average molecular weight is 481 g/mol. The van der Waals surface area contributed by atoms with Crippen molar-refractivity contribution in [3.05, 3.63) is 12.2 Å². The van der Waals surface area contributed by atoms with Gasteiger partial charge in [0.05, 0.1) is 13.2 Å². The third-order valence-electron chi connectivity index (χ3n) is 2.90. The lowest BCUT2D eigenvalue weighted by Gasteiger charge is -2.42. The summed E-state index contributed by atoms with van der Waals surface area (Å²) in [7, 11) is -8.68. The fourth-order valence-corrected chi connectivity index (χ4v) is 17.1. The highest BCUT2D eigenvalue weighted by Crippen LogP contribution is 2.29. The fourth-order valence-electron chi connectivity index (χ4n) is 2.45. The van der Waals surface area contributed by atoms with Gasteiger partial charge in [-0.15, -0.1) is 0 Å². The first kappa shape index (κ1) is 28.4. The molecule has 0 fully saturated rings. The molecule has 0 heterocycles. The second-order valence-corrected chi connectivity index (χ2v) is 26.7. The van der Waals surface area contributed by atoms with Crippen LogP contribution >= 0.6 is 0 Å². The molecule has 0 aliphatic rings. The Bertz CT molecular complexity index is 519. The van der Waals surface area contributed by atoms with Crippen LogP contribution < -0.4 is 0 Å². The van der Waals surface area contributed by atoms with Crippen LogP contribution in [0, 0.1) is 0 Å². The fraction of sp³-hybridized carbons (Fsp3) is 0.778.